The number of carbonyl (C=O) groups excluding carboxylic acids is 4. The van der Waals surface area contributed by atoms with Gasteiger partial charge in [-0.2, -0.15) is 8.42 Å². The molecule has 2 N–H and O–H groups in total. The molecule has 0 spiro atoms. The second-order valence-corrected chi connectivity index (χ2v) is 16.5. The minimum Gasteiger partial charge on any atom is -0.467 e. The second-order valence-electron chi connectivity index (χ2n) is 14.0. The molecule has 3 aliphatic rings. The van der Waals surface area contributed by atoms with Crippen LogP contribution in [-0.4, -0.2) is 80.7 Å². The van der Waals surface area contributed by atoms with Gasteiger partial charge < -0.3 is 25.0 Å². The van der Waals surface area contributed by atoms with E-state index in [4.69, 9.17) is 13.7 Å². The molecule has 7 atom stereocenters. The second kappa shape index (κ2) is 13.8. The van der Waals surface area contributed by atoms with Crippen LogP contribution < -0.4 is 10.6 Å². The molecule has 0 bridgehead atoms. The molecule has 1 aromatic rings. The highest BCUT2D eigenvalue weighted by Gasteiger charge is 2.62. The minimum atomic E-state index is -4.26. The van der Waals surface area contributed by atoms with Crippen LogP contribution in [0.4, 0.5) is 4.79 Å². The normalized spacial score (nSPS) is 30.0. The number of nitrogens with one attached hydrogen (secondary N) is 2. The molecule has 12 nitrogen and oxygen atoms in total. The lowest BCUT2D eigenvalue weighted by atomic mass is 9.85. The number of methoxy groups -OCH3 is 1. The van der Waals surface area contributed by atoms with Gasteiger partial charge in [0.2, 0.25) is 11.8 Å². The first-order valence-electron chi connectivity index (χ1n) is 15.8. The van der Waals surface area contributed by atoms with Crippen molar-refractivity contribution in [1.82, 2.24) is 15.5 Å². The Hall–Kier alpha value is -2.71. The van der Waals surface area contributed by atoms with Gasteiger partial charge in [0.1, 0.15) is 23.7 Å². The van der Waals surface area contributed by atoms with Crippen LogP contribution in [0, 0.1) is 23.2 Å². The van der Waals surface area contributed by atoms with Gasteiger partial charge >= 0.3 is 12.1 Å². The number of alkyl carbamates (subject to hydrolysis) is 1. The van der Waals surface area contributed by atoms with E-state index < -0.39 is 63.1 Å². The molecular formula is C32H46BrN3O9S. The molecule has 3 amide bonds. The lowest BCUT2D eigenvalue weighted by molar-refractivity contribution is -0.148. The monoisotopic (exact) mass is 727 g/mol. The number of likely N-dealkylation sites (tertiary alicyclic amines) is 1. The third-order valence-electron chi connectivity index (χ3n) is 9.60. The topological polar surface area (TPSA) is 157 Å². The summed E-state index contributed by atoms with van der Waals surface area (Å²) in [6, 6.07) is 3.60. The molecule has 3 fully saturated rings. The zero-order valence-electron chi connectivity index (χ0n) is 27.5. The van der Waals surface area contributed by atoms with Crippen molar-refractivity contribution in [2.24, 2.45) is 23.2 Å². The number of benzene rings is 1. The van der Waals surface area contributed by atoms with Gasteiger partial charge in [-0.25, -0.2) is 9.59 Å². The van der Waals surface area contributed by atoms with Crippen molar-refractivity contribution in [3.63, 3.8) is 0 Å². The van der Waals surface area contributed by atoms with E-state index in [1.165, 1.54) is 24.1 Å². The average molecular weight is 729 g/mol. The molecule has 1 aromatic carbocycles. The number of hydrogen-bond acceptors (Lipinski definition) is 9. The Morgan fingerprint density at radius 1 is 1.04 bits per heavy atom. The summed E-state index contributed by atoms with van der Waals surface area (Å²) >= 11 is 3.28. The smallest absolute Gasteiger partial charge is 0.408 e. The van der Waals surface area contributed by atoms with Gasteiger partial charge in [0.15, 0.2) is 0 Å². The van der Waals surface area contributed by atoms with E-state index in [1.807, 2.05) is 6.92 Å². The molecule has 0 radical (unpaired) electrons. The van der Waals surface area contributed by atoms with E-state index in [0.717, 1.165) is 12.8 Å². The summed E-state index contributed by atoms with van der Waals surface area (Å²) in [5.41, 5.74) is -2.04. The molecule has 2 aliphatic carbocycles. The van der Waals surface area contributed by atoms with Gasteiger partial charge in [0.05, 0.1) is 18.1 Å². The predicted molar refractivity (Wildman–Crippen MR) is 172 cm³/mol. The van der Waals surface area contributed by atoms with Crippen molar-refractivity contribution >= 4 is 49.9 Å². The van der Waals surface area contributed by atoms with Crippen LogP contribution in [-0.2, 0) is 38.2 Å². The van der Waals surface area contributed by atoms with Crippen molar-refractivity contribution in [2.75, 3.05) is 13.7 Å². The Morgan fingerprint density at radius 3 is 2.17 bits per heavy atom. The van der Waals surface area contributed by atoms with Crippen LogP contribution in [0.5, 0.6) is 0 Å². The van der Waals surface area contributed by atoms with Crippen LogP contribution in [0.15, 0.2) is 33.6 Å². The first-order chi connectivity index (χ1) is 21.4. The van der Waals surface area contributed by atoms with Crippen LogP contribution in [0.3, 0.4) is 0 Å². The maximum absolute atomic E-state index is 14.3. The van der Waals surface area contributed by atoms with E-state index >= 15 is 0 Å². The summed E-state index contributed by atoms with van der Waals surface area (Å²) in [7, 11) is -3.01. The molecule has 1 aliphatic heterocycles. The maximum atomic E-state index is 14.3. The predicted octanol–water partition coefficient (Wildman–Crippen LogP) is 4.16. The molecule has 256 valence electrons. The Kier molecular flexibility index (Phi) is 10.8. The molecule has 0 aromatic heterocycles. The molecule has 4 rings (SSSR count). The Labute approximate surface area is 279 Å². The maximum Gasteiger partial charge on any atom is 0.408 e. The van der Waals surface area contributed by atoms with Crippen molar-refractivity contribution in [3.05, 3.63) is 28.7 Å². The Morgan fingerprint density at radius 2 is 1.65 bits per heavy atom. The van der Waals surface area contributed by atoms with Crippen molar-refractivity contribution < 1.29 is 41.3 Å². The number of rotatable bonds is 10. The lowest BCUT2D eigenvalue weighted by Gasteiger charge is -2.35. The number of hydrogen-bond donors (Lipinski definition) is 2. The van der Waals surface area contributed by atoms with Gasteiger partial charge in [-0.15, -0.1) is 0 Å². The zero-order chi connectivity index (χ0) is 34.2. The molecule has 1 heterocycles. The minimum absolute atomic E-state index is 0.0811. The van der Waals surface area contributed by atoms with Crippen LogP contribution in [0.1, 0.15) is 73.6 Å². The van der Waals surface area contributed by atoms with Crippen LogP contribution >= 0.6 is 15.9 Å². The van der Waals surface area contributed by atoms with Crippen LogP contribution in [0.25, 0.3) is 0 Å². The quantitative estimate of drug-likeness (QED) is 0.267. The summed E-state index contributed by atoms with van der Waals surface area (Å²) in [5.74, 6) is -1.15. The van der Waals surface area contributed by atoms with E-state index in [0.29, 0.717) is 29.2 Å². The fourth-order valence-electron chi connectivity index (χ4n) is 6.56. The Balaban J connectivity index is 1.59. The summed E-state index contributed by atoms with van der Waals surface area (Å²) in [5, 5.41) is 5.54. The van der Waals surface area contributed by atoms with E-state index in [1.54, 1.807) is 32.9 Å². The number of amides is 3. The van der Waals surface area contributed by atoms with Crippen molar-refractivity contribution in [1.29, 1.82) is 0 Å². The molecule has 14 heteroatoms. The van der Waals surface area contributed by atoms with Gasteiger partial charge in [-0.3, -0.25) is 13.8 Å². The summed E-state index contributed by atoms with van der Waals surface area (Å²) in [6.07, 6.45) is 0.227. The molecular weight excluding hydrogens is 682 g/mol. The van der Waals surface area contributed by atoms with Gasteiger partial charge in [0.25, 0.3) is 10.1 Å². The highest BCUT2D eigenvalue weighted by Crippen LogP contribution is 2.47. The first kappa shape index (κ1) is 36.1. The highest BCUT2D eigenvalue weighted by atomic mass is 79.9. The number of esters is 1. The highest BCUT2D eigenvalue weighted by molar-refractivity contribution is 9.10. The van der Waals surface area contributed by atoms with Crippen molar-refractivity contribution in [2.45, 2.75) is 108 Å². The van der Waals surface area contributed by atoms with Gasteiger partial charge in [0, 0.05) is 17.4 Å². The summed E-state index contributed by atoms with van der Waals surface area (Å²) in [6.45, 7) is 11.2. The molecule has 2 saturated carbocycles. The van der Waals surface area contributed by atoms with E-state index in [-0.39, 0.29) is 29.9 Å². The summed E-state index contributed by atoms with van der Waals surface area (Å²) in [4.78, 5) is 55.1. The fraction of sp³-hybridized carbons (Fsp3) is 0.688. The van der Waals surface area contributed by atoms with Crippen molar-refractivity contribution in [3.8, 4) is 0 Å². The molecule has 3 unspecified atom stereocenters. The number of ether oxygens (including phenoxy) is 2. The summed E-state index contributed by atoms with van der Waals surface area (Å²) < 4.78 is 43.3. The number of halogens is 1. The van der Waals surface area contributed by atoms with Crippen LogP contribution in [0.2, 0.25) is 0 Å². The number of nitrogens with zero attached hydrogens (tertiary/aromatic N) is 1. The molecule has 46 heavy (non-hydrogen) atoms. The van der Waals surface area contributed by atoms with Gasteiger partial charge in [-0.1, -0.05) is 63.9 Å². The first-order valence-corrected chi connectivity index (χ1v) is 18.0. The number of carbonyl (C=O) groups is 4. The van der Waals surface area contributed by atoms with E-state index in [9.17, 15) is 27.6 Å². The zero-order valence-corrected chi connectivity index (χ0v) is 29.9. The average Bonchev–Trinajstić information content (AvgIpc) is 3.38. The lowest BCUT2D eigenvalue weighted by Crippen LogP contribution is -2.59. The molecule has 1 saturated heterocycles. The Bertz CT molecular complexity index is 1420. The third-order valence-corrected chi connectivity index (χ3v) is 11.5. The van der Waals surface area contributed by atoms with Gasteiger partial charge in [-0.05, 0) is 66.7 Å². The SMILES string of the molecule is CC[C@@H]1C[C@]1(NC(=O)[C@@H]1C[C@H](OS(=O)(=O)c2ccc(Br)cc2)CN1C(=O)C(NC(=O)OC1CC(C)C(C)C1)C(C)(C)C)C(=O)OC. The standard InChI is InChI=1S/C32H46BrN3O9S/c1-8-20-16-32(20,29(39)43-7)35-27(37)25-15-23(45-46(41,42)24-11-9-21(33)10-12-24)17-36(25)28(38)26(31(4,5)6)34-30(40)44-22-13-18(2)19(3)14-22/h9-12,18-20,22-23,25-26H,8,13-17H2,1-7H3,(H,34,40)(H,35,37)/t18?,19?,20-,22?,23+,25+,26?,32-/m1/s1. The largest absolute Gasteiger partial charge is 0.467 e. The fourth-order valence-corrected chi connectivity index (χ4v) is 7.90. The van der Waals surface area contributed by atoms with E-state index in [2.05, 4.69) is 40.4 Å². The third kappa shape index (κ3) is 7.87.